The van der Waals surface area contributed by atoms with Gasteiger partial charge in [-0.2, -0.15) is 0 Å². The molecule has 4 nitrogen and oxygen atoms in total. The molecule has 0 heterocycles. The van der Waals surface area contributed by atoms with Crippen LogP contribution in [0, 0.1) is 0 Å². The highest BCUT2D eigenvalue weighted by molar-refractivity contribution is 5.40. The smallest absolute Gasteiger partial charge is 0.119 e. The molecule has 1 aliphatic carbocycles. The van der Waals surface area contributed by atoms with E-state index in [1.54, 1.807) is 14.2 Å². The third-order valence-corrected chi connectivity index (χ3v) is 4.26. The van der Waals surface area contributed by atoms with Gasteiger partial charge in [-0.1, -0.05) is 6.07 Å². The van der Waals surface area contributed by atoms with Gasteiger partial charge >= 0.3 is 0 Å². The summed E-state index contributed by atoms with van der Waals surface area (Å²) in [6.07, 6.45) is 3.25. The zero-order valence-electron chi connectivity index (χ0n) is 12.8. The topological polar surface area (TPSA) is 47.7 Å². The quantitative estimate of drug-likeness (QED) is 0.808. The zero-order chi connectivity index (χ0) is 14.5. The second-order valence-corrected chi connectivity index (χ2v) is 5.52. The summed E-state index contributed by atoms with van der Waals surface area (Å²) < 4.78 is 10.4. The van der Waals surface area contributed by atoms with Crippen LogP contribution in [0.3, 0.4) is 0 Å². The minimum absolute atomic E-state index is 0.0568. The Morgan fingerprint density at radius 2 is 2.15 bits per heavy atom. The van der Waals surface area contributed by atoms with Gasteiger partial charge in [0.1, 0.15) is 5.75 Å². The maximum atomic E-state index is 6.49. The van der Waals surface area contributed by atoms with Crippen LogP contribution in [-0.2, 0) is 11.2 Å². The van der Waals surface area contributed by atoms with Crippen LogP contribution in [0.2, 0.25) is 0 Å². The largest absolute Gasteiger partial charge is 0.497 e. The fourth-order valence-electron chi connectivity index (χ4n) is 3.05. The molecule has 4 heteroatoms. The molecule has 2 atom stereocenters. The van der Waals surface area contributed by atoms with E-state index in [0.717, 1.165) is 38.2 Å². The summed E-state index contributed by atoms with van der Waals surface area (Å²) >= 11 is 0. The summed E-state index contributed by atoms with van der Waals surface area (Å²) in [5, 5.41) is 0. The molecular formula is C16H26N2O2. The molecule has 0 radical (unpaired) electrons. The molecule has 0 fully saturated rings. The maximum Gasteiger partial charge on any atom is 0.119 e. The third kappa shape index (κ3) is 3.32. The summed E-state index contributed by atoms with van der Waals surface area (Å²) in [6, 6.07) is 6.71. The lowest BCUT2D eigenvalue weighted by atomic mass is 9.83. The summed E-state index contributed by atoms with van der Waals surface area (Å²) in [7, 11) is 5.60. The van der Waals surface area contributed by atoms with Crippen molar-refractivity contribution < 1.29 is 9.47 Å². The molecule has 2 rings (SSSR count). The average molecular weight is 278 g/mol. The van der Waals surface area contributed by atoms with Crippen molar-refractivity contribution in [2.75, 3.05) is 34.4 Å². The van der Waals surface area contributed by atoms with E-state index in [-0.39, 0.29) is 6.04 Å². The van der Waals surface area contributed by atoms with Crippen molar-refractivity contribution >= 4 is 0 Å². The van der Waals surface area contributed by atoms with Gasteiger partial charge in [0.2, 0.25) is 0 Å². The van der Waals surface area contributed by atoms with Gasteiger partial charge in [0.15, 0.2) is 0 Å². The van der Waals surface area contributed by atoms with Gasteiger partial charge in [-0.3, -0.25) is 0 Å². The highest BCUT2D eigenvalue weighted by Crippen LogP contribution is 2.33. The van der Waals surface area contributed by atoms with E-state index in [9.17, 15) is 0 Å². The number of likely N-dealkylation sites (N-methyl/N-ethyl adjacent to an activating group) is 1. The SMILES string of the molecule is COCCCN(C)C1CCc2ccc(OC)cc2C1N. The molecule has 0 spiro atoms. The number of hydrogen-bond acceptors (Lipinski definition) is 4. The van der Waals surface area contributed by atoms with Gasteiger partial charge in [-0.25, -0.2) is 0 Å². The Bertz CT molecular complexity index is 436. The van der Waals surface area contributed by atoms with Gasteiger partial charge in [-0.05, 0) is 49.6 Å². The molecule has 112 valence electrons. The van der Waals surface area contributed by atoms with Crippen LogP contribution in [0.25, 0.3) is 0 Å². The molecule has 0 bridgehead atoms. The number of nitrogens with two attached hydrogens (primary N) is 1. The van der Waals surface area contributed by atoms with Gasteiger partial charge in [0.05, 0.1) is 7.11 Å². The number of hydrogen-bond donors (Lipinski definition) is 1. The number of aryl methyl sites for hydroxylation is 1. The Hall–Kier alpha value is -1.10. The minimum atomic E-state index is 0.0568. The first-order valence-corrected chi connectivity index (χ1v) is 7.29. The molecule has 0 saturated heterocycles. The highest BCUT2D eigenvalue weighted by atomic mass is 16.5. The predicted molar refractivity (Wildman–Crippen MR) is 81.2 cm³/mol. The molecule has 1 aromatic rings. The predicted octanol–water partition coefficient (Wildman–Crippen LogP) is 1.98. The fourth-order valence-corrected chi connectivity index (χ4v) is 3.05. The first kappa shape index (κ1) is 15.3. The lowest BCUT2D eigenvalue weighted by Crippen LogP contribution is -2.44. The molecule has 0 amide bonds. The molecule has 20 heavy (non-hydrogen) atoms. The molecule has 1 aliphatic rings. The van der Waals surface area contributed by atoms with Gasteiger partial charge in [-0.15, -0.1) is 0 Å². The monoisotopic (exact) mass is 278 g/mol. The Kier molecular flexibility index (Phi) is 5.40. The highest BCUT2D eigenvalue weighted by Gasteiger charge is 2.29. The molecule has 0 aliphatic heterocycles. The second-order valence-electron chi connectivity index (χ2n) is 5.52. The molecule has 0 saturated carbocycles. The van der Waals surface area contributed by atoms with Crippen LogP contribution in [-0.4, -0.2) is 45.4 Å². The zero-order valence-corrected chi connectivity index (χ0v) is 12.8. The van der Waals surface area contributed by atoms with Crippen molar-refractivity contribution in [3.63, 3.8) is 0 Å². The summed E-state index contributed by atoms with van der Waals surface area (Å²) in [6.45, 7) is 1.82. The van der Waals surface area contributed by atoms with E-state index in [4.69, 9.17) is 15.2 Å². The van der Waals surface area contributed by atoms with Crippen LogP contribution in [0.15, 0.2) is 18.2 Å². The van der Waals surface area contributed by atoms with E-state index >= 15 is 0 Å². The van der Waals surface area contributed by atoms with Crippen LogP contribution in [0.1, 0.15) is 30.0 Å². The normalized spacial score (nSPS) is 21.9. The van der Waals surface area contributed by atoms with Crippen LogP contribution < -0.4 is 10.5 Å². The number of fused-ring (bicyclic) bond motifs is 1. The van der Waals surface area contributed by atoms with E-state index in [1.165, 1.54) is 11.1 Å². The van der Waals surface area contributed by atoms with Crippen LogP contribution in [0.4, 0.5) is 0 Å². The van der Waals surface area contributed by atoms with Crippen molar-refractivity contribution in [2.45, 2.75) is 31.3 Å². The number of benzene rings is 1. The van der Waals surface area contributed by atoms with Crippen molar-refractivity contribution in [2.24, 2.45) is 5.73 Å². The lowest BCUT2D eigenvalue weighted by molar-refractivity contribution is 0.149. The number of methoxy groups -OCH3 is 2. The van der Waals surface area contributed by atoms with Crippen molar-refractivity contribution in [3.05, 3.63) is 29.3 Å². The van der Waals surface area contributed by atoms with Gasteiger partial charge in [0.25, 0.3) is 0 Å². The average Bonchev–Trinajstić information content (AvgIpc) is 2.47. The van der Waals surface area contributed by atoms with E-state index in [0.29, 0.717) is 6.04 Å². The van der Waals surface area contributed by atoms with E-state index < -0.39 is 0 Å². The molecular weight excluding hydrogens is 252 g/mol. The summed E-state index contributed by atoms with van der Waals surface area (Å²) in [5.74, 6) is 0.891. The van der Waals surface area contributed by atoms with Gasteiger partial charge < -0.3 is 20.1 Å². The Morgan fingerprint density at radius 1 is 1.35 bits per heavy atom. The van der Waals surface area contributed by atoms with Crippen LogP contribution in [0.5, 0.6) is 5.75 Å². The third-order valence-electron chi connectivity index (χ3n) is 4.26. The van der Waals surface area contributed by atoms with Crippen molar-refractivity contribution in [1.82, 2.24) is 4.90 Å². The van der Waals surface area contributed by atoms with Crippen molar-refractivity contribution in [1.29, 1.82) is 0 Å². The van der Waals surface area contributed by atoms with Crippen LogP contribution >= 0.6 is 0 Å². The molecule has 2 N–H and O–H groups in total. The van der Waals surface area contributed by atoms with E-state index in [1.807, 2.05) is 6.07 Å². The molecule has 2 unspecified atom stereocenters. The maximum absolute atomic E-state index is 6.49. The number of nitrogens with zero attached hydrogens (tertiary/aromatic N) is 1. The number of ether oxygens (including phenoxy) is 2. The standard InChI is InChI=1S/C16H26N2O2/c1-18(9-4-10-19-2)15-8-6-12-5-7-13(20-3)11-14(12)16(15)17/h5,7,11,15-16H,4,6,8-10,17H2,1-3H3. The minimum Gasteiger partial charge on any atom is -0.497 e. The first-order valence-electron chi connectivity index (χ1n) is 7.29. The molecule has 0 aromatic heterocycles. The summed E-state index contributed by atoms with van der Waals surface area (Å²) in [5.41, 5.74) is 9.09. The summed E-state index contributed by atoms with van der Waals surface area (Å²) in [4.78, 5) is 2.37. The van der Waals surface area contributed by atoms with Crippen molar-refractivity contribution in [3.8, 4) is 5.75 Å². The lowest BCUT2D eigenvalue weighted by Gasteiger charge is -2.37. The molecule has 1 aromatic carbocycles. The Morgan fingerprint density at radius 3 is 2.85 bits per heavy atom. The fraction of sp³-hybridized carbons (Fsp3) is 0.625. The number of rotatable bonds is 6. The van der Waals surface area contributed by atoms with E-state index in [2.05, 4.69) is 24.1 Å². The van der Waals surface area contributed by atoms with Gasteiger partial charge in [0, 0.05) is 32.3 Å². The first-order chi connectivity index (χ1) is 9.67. The Balaban J connectivity index is 2.07. The second kappa shape index (κ2) is 7.07. The Labute approximate surface area is 121 Å².